The van der Waals surface area contributed by atoms with Crippen LogP contribution in [0.2, 0.25) is 0 Å². The van der Waals surface area contributed by atoms with Gasteiger partial charge in [-0.1, -0.05) is 60.7 Å². The standard InChI is InChI=1S/C18H21NO/c20-17-11-12-18(16-9-5-2-6-10-16)19(14-17)13-15-7-3-1-4-8-15/h1-10,17-18,20H,11-14H2/t17-,18+/m0/s1. The fourth-order valence-electron chi connectivity index (χ4n) is 3.07. The van der Waals surface area contributed by atoms with E-state index in [-0.39, 0.29) is 6.10 Å². The highest BCUT2D eigenvalue weighted by atomic mass is 16.3. The number of aliphatic hydroxyl groups is 1. The third-order valence-electron chi connectivity index (χ3n) is 4.07. The normalized spacial score (nSPS) is 23.6. The Balaban J connectivity index is 1.80. The van der Waals surface area contributed by atoms with Crippen molar-refractivity contribution in [2.75, 3.05) is 6.54 Å². The number of aliphatic hydroxyl groups excluding tert-OH is 1. The van der Waals surface area contributed by atoms with Gasteiger partial charge in [-0.25, -0.2) is 0 Å². The average molecular weight is 267 g/mol. The highest BCUT2D eigenvalue weighted by Crippen LogP contribution is 2.32. The highest BCUT2D eigenvalue weighted by molar-refractivity contribution is 5.21. The van der Waals surface area contributed by atoms with Crippen molar-refractivity contribution in [3.05, 3.63) is 71.8 Å². The Bertz CT molecular complexity index is 526. The molecule has 0 spiro atoms. The third kappa shape index (κ3) is 3.09. The summed E-state index contributed by atoms with van der Waals surface area (Å²) in [5.41, 5.74) is 2.66. The van der Waals surface area contributed by atoms with E-state index < -0.39 is 0 Å². The zero-order chi connectivity index (χ0) is 13.8. The topological polar surface area (TPSA) is 23.5 Å². The summed E-state index contributed by atoms with van der Waals surface area (Å²) in [5, 5.41) is 9.98. The quantitative estimate of drug-likeness (QED) is 0.921. The van der Waals surface area contributed by atoms with Gasteiger partial charge in [-0.2, -0.15) is 0 Å². The Kier molecular flexibility index (Phi) is 4.14. The summed E-state index contributed by atoms with van der Waals surface area (Å²) < 4.78 is 0. The van der Waals surface area contributed by atoms with Crippen LogP contribution in [-0.2, 0) is 6.54 Å². The molecule has 1 saturated heterocycles. The van der Waals surface area contributed by atoms with Crippen molar-refractivity contribution < 1.29 is 5.11 Å². The van der Waals surface area contributed by atoms with Crippen LogP contribution < -0.4 is 0 Å². The summed E-state index contributed by atoms with van der Waals surface area (Å²) in [4.78, 5) is 2.40. The predicted octanol–water partition coefficient (Wildman–Crippen LogP) is 3.38. The molecule has 1 fully saturated rings. The van der Waals surface area contributed by atoms with Crippen molar-refractivity contribution in [1.82, 2.24) is 4.90 Å². The average Bonchev–Trinajstić information content (AvgIpc) is 2.49. The number of nitrogens with zero attached hydrogens (tertiary/aromatic N) is 1. The van der Waals surface area contributed by atoms with Crippen LogP contribution in [0, 0.1) is 0 Å². The molecule has 0 aliphatic carbocycles. The molecule has 2 atom stereocenters. The van der Waals surface area contributed by atoms with E-state index in [0.29, 0.717) is 6.04 Å². The monoisotopic (exact) mass is 267 g/mol. The second-order valence-corrected chi connectivity index (χ2v) is 5.57. The lowest BCUT2D eigenvalue weighted by atomic mass is 9.93. The van der Waals surface area contributed by atoms with Crippen molar-refractivity contribution in [2.45, 2.75) is 31.5 Å². The number of piperidine rings is 1. The number of rotatable bonds is 3. The van der Waals surface area contributed by atoms with Gasteiger partial charge in [-0.3, -0.25) is 4.90 Å². The minimum atomic E-state index is -0.196. The number of hydrogen-bond acceptors (Lipinski definition) is 2. The largest absolute Gasteiger partial charge is 0.392 e. The van der Waals surface area contributed by atoms with Gasteiger partial charge >= 0.3 is 0 Å². The maximum atomic E-state index is 9.98. The van der Waals surface area contributed by atoms with Crippen molar-refractivity contribution in [1.29, 1.82) is 0 Å². The van der Waals surface area contributed by atoms with Crippen molar-refractivity contribution >= 4 is 0 Å². The van der Waals surface area contributed by atoms with Gasteiger partial charge in [0.05, 0.1) is 6.10 Å². The second kappa shape index (κ2) is 6.21. The molecule has 1 aliphatic rings. The van der Waals surface area contributed by atoms with Crippen molar-refractivity contribution in [3.63, 3.8) is 0 Å². The zero-order valence-corrected chi connectivity index (χ0v) is 11.7. The van der Waals surface area contributed by atoms with Crippen LogP contribution >= 0.6 is 0 Å². The molecule has 0 amide bonds. The van der Waals surface area contributed by atoms with Gasteiger partial charge in [0, 0.05) is 19.1 Å². The molecular formula is C18H21NO. The molecule has 1 N–H and O–H groups in total. The minimum absolute atomic E-state index is 0.196. The van der Waals surface area contributed by atoms with E-state index in [1.54, 1.807) is 0 Å². The van der Waals surface area contributed by atoms with E-state index >= 15 is 0 Å². The molecule has 2 nitrogen and oxygen atoms in total. The predicted molar refractivity (Wildman–Crippen MR) is 81.3 cm³/mol. The van der Waals surface area contributed by atoms with Gasteiger partial charge in [0.15, 0.2) is 0 Å². The first kappa shape index (κ1) is 13.3. The molecule has 0 saturated carbocycles. The summed E-state index contributed by atoms with van der Waals surface area (Å²) >= 11 is 0. The Hall–Kier alpha value is -1.64. The first-order valence-corrected chi connectivity index (χ1v) is 7.34. The molecule has 2 aromatic carbocycles. The number of likely N-dealkylation sites (tertiary alicyclic amines) is 1. The Labute approximate surface area is 120 Å². The summed E-state index contributed by atoms with van der Waals surface area (Å²) in [6, 6.07) is 21.6. The number of β-amino-alcohol motifs (C(OH)–C–C–N with tert-alkyl or cyclic N) is 1. The Morgan fingerprint density at radius 3 is 2.25 bits per heavy atom. The lowest BCUT2D eigenvalue weighted by Crippen LogP contribution is -2.40. The molecule has 1 heterocycles. The summed E-state index contributed by atoms with van der Waals surface area (Å²) in [7, 11) is 0. The van der Waals surface area contributed by atoms with Crippen LogP contribution in [-0.4, -0.2) is 22.7 Å². The fourth-order valence-corrected chi connectivity index (χ4v) is 3.07. The SMILES string of the molecule is O[C@H]1CC[C@H](c2ccccc2)N(Cc2ccccc2)C1. The second-order valence-electron chi connectivity index (χ2n) is 5.57. The Morgan fingerprint density at radius 2 is 1.55 bits per heavy atom. The number of benzene rings is 2. The molecule has 0 bridgehead atoms. The smallest absolute Gasteiger partial charge is 0.0668 e. The van der Waals surface area contributed by atoms with Crippen LogP contribution in [0.15, 0.2) is 60.7 Å². The van der Waals surface area contributed by atoms with E-state index in [2.05, 4.69) is 59.5 Å². The number of hydrogen-bond donors (Lipinski definition) is 1. The fraction of sp³-hybridized carbons (Fsp3) is 0.333. The van der Waals surface area contributed by atoms with E-state index in [4.69, 9.17) is 0 Å². The van der Waals surface area contributed by atoms with Gasteiger partial charge in [-0.05, 0) is 24.0 Å². The maximum absolute atomic E-state index is 9.98. The highest BCUT2D eigenvalue weighted by Gasteiger charge is 2.28. The molecule has 0 aromatic heterocycles. The summed E-state index contributed by atoms with van der Waals surface area (Å²) in [5.74, 6) is 0. The molecule has 2 heteroatoms. The third-order valence-corrected chi connectivity index (χ3v) is 4.07. The molecule has 0 radical (unpaired) electrons. The maximum Gasteiger partial charge on any atom is 0.0668 e. The summed E-state index contributed by atoms with van der Waals surface area (Å²) in [6.45, 7) is 1.66. The molecule has 1 aliphatic heterocycles. The molecule has 104 valence electrons. The first-order chi connectivity index (χ1) is 9.83. The van der Waals surface area contributed by atoms with E-state index in [1.165, 1.54) is 11.1 Å². The van der Waals surface area contributed by atoms with Crippen LogP contribution in [0.4, 0.5) is 0 Å². The molecular weight excluding hydrogens is 246 g/mol. The van der Waals surface area contributed by atoms with Crippen LogP contribution in [0.3, 0.4) is 0 Å². The molecule has 3 rings (SSSR count). The van der Waals surface area contributed by atoms with Gasteiger partial charge in [0.2, 0.25) is 0 Å². The first-order valence-electron chi connectivity index (χ1n) is 7.34. The van der Waals surface area contributed by atoms with E-state index in [0.717, 1.165) is 25.9 Å². The molecule has 0 unspecified atom stereocenters. The molecule has 20 heavy (non-hydrogen) atoms. The summed E-state index contributed by atoms with van der Waals surface area (Å²) in [6.07, 6.45) is 1.72. The van der Waals surface area contributed by atoms with Gasteiger partial charge < -0.3 is 5.11 Å². The van der Waals surface area contributed by atoms with Crippen LogP contribution in [0.1, 0.15) is 30.0 Å². The minimum Gasteiger partial charge on any atom is -0.392 e. The van der Waals surface area contributed by atoms with Crippen LogP contribution in [0.25, 0.3) is 0 Å². The van der Waals surface area contributed by atoms with Crippen molar-refractivity contribution in [2.24, 2.45) is 0 Å². The lowest BCUT2D eigenvalue weighted by molar-refractivity contribution is 0.0297. The van der Waals surface area contributed by atoms with E-state index in [9.17, 15) is 5.11 Å². The van der Waals surface area contributed by atoms with Gasteiger partial charge in [0.25, 0.3) is 0 Å². The van der Waals surface area contributed by atoms with Crippen LogP contribution in [0.5, 0.6) is 0 Å². The van der Waals surface area contributed by atoms with E-state index in [1.807, 2.05) is 6.07 Å². The lowest BCUT2D eigenvalue weighted by Gasteiger charge is -2.38. The van der Waals surface area contributed by atoms with Gasteiger partial charge in [-0.15, -0.1) is 0 Å². The Morgan fingerprint density at radius 1 is 0.900 bits per heavy atom. The van der Waals surface area contributed by atoms with Crippen molar-refractivity contribution in [3.8, 4) is 0 Å². The molecule has 2 aromatic rings. The van der Waals surface area contributed by atoms with Gasteiger partial charge in [0.1, 0.15) is 0 Å². The zero-order valence-electron chi connectivity index (χ0n) is 11.7.